The molecule has 1 unspecified atom stereocenters. The third kappa shape index (κ3) is 4.91. The lowest BCUT2D eigenvalue weighted by atomic mass is 9.93. The van der Waals surface area contributed by atoms with Gasteiger partial charge in [-0.05, 0) is 24.9 Å². The number of nitrogens with one attached hydrogen (secondary N) is 1. The molecule has 1 aromatic rings. The molecule has 96 valence electrons. The fourth-order valence-corrected chi connectivity index (χ4v) is 2.47. The van der Waals surface area contributed by atoms with E-state index in [0.29, 0.717) is 6.04 Å². The van der Waals surface area contributed by atoms with E-state index in [4.69, 9.17) is 0 Å². The lowest BCUT2D eigenvalue weighted by molar-refractivity contribution is 0.410. The van der Waals surface area contributed by atoms with E-state index in [1.165, 1.54) is 37.7 Å². The van der Waals surface area contributed by atoms with Crippen molar-refractivity contribution in [3.05, 3.63) is 35.9 Å². The molecule has 1 heteroatoms. The second-order valence-electron chi connectivity index (χ2n) is 4.87. The second kappa shape index (κ2) is 8.30. The van der Waals surface area contributed by atoms with Gasteiger partial charge in [0.15, 0.2) is 0 Å². The maximum Gasteiger partial charge on any atom is 0.0317 e. The Morgan fingerprint density at radius 3 is 2.18 bits per heavy atom. The minimum Gasteiger partial charge on any atom is -0.313 e. The van der Waals surface area contributed by atoms with Crippen LogP contribution >= 0.6 is 0 Å². The largest absolute Gasteiger partial charge is 0.313 e. The number of hydrogen-bond donors (Lipinski definition) is 1. The highest BCUT2D eigenvalue weighted by Crippen LogP contribution is 2.22. The first-order valence-corrected chi connectivity index (χ1v) is 7.04. The maximum absolute atomic E-state index is 3.43. The van der Waals surface area contributed by atoms with Crippen molar-refractivity contribution in [1.29, 1.82) is 0 Å². The fraction of sp³-hybridized carbons (Fsp3) is 0.625. The van der Waals surface area contributed by atoms with Crippen LogP contribution in [0.4, 0.5) is 0 Å². The highest BCUT2D eigenvalue weighted by atomic mass is 14.9. The first kappa shape index (κ1) is 14.2. The normalized spacial score (nSPS) is 12.9. The summed E-state index contributed by atoms with van der Waals surface area (Å²) in [6, 6.07) is 11.3. The lowest BCUT2D eigenvalue weighted by Gasteiger charge is -2.18. The van der Waals surface area contributed by atoms with Gasteiger partial charge in [0, 0.05) is 6.04 Å². The molecular weight excluding hydrogens is 206 g/mol. The van der Waals surface area contributed by atoms with Crippen molar-refractivity contribution >= 4 is 0 Å². The first-order valence-electron chi connectivity index (χ1n) is 7.04. The summed E-state index contributed by atoms with van der Waals surface area (Å²) in [5.74, 6) is 0.920. The van der Waals surface area contributed by atoms with Crippen molar-refractivity contribution < 1.29 is 0 Å². The minimum absolute atomic E-state index is 0.519. The molecule has 0 aromatic heterocycles. The van der Waals surface area contributed by atoms with Gasteiger partial charge in [-0.15, -0.1) is 0 Å². The van der Waals surface area contributed by atoms with Crippen LogP contribution in [0.15, 0.2) is 30.3 Å². The number of benzene rings is 1. The number of rotatable bonds is 8. The van der Waals surface area contributed by atoms with E-state index in [9.17, 15) is 0 Å². The number of hydrogen-bond acceptors (Lipinski definition) is 1. The molecule has 0 saturated carbocycles. The quantitative estimate of drug-likeness (QED) is 0.694. The molecule has 0 aliphatic heterocycles. The van der Waals surface area contributed by atoms with E-state index in [0.717, 1.165) is 5.92 Å². The molecule has 0 aliphatic carbocycles. The standard InChI is InChI=1S/C16H27N/c1-4-14(5-2)10-9-13-16(17-3)15-11-7-6-8-12-15/h6-8,11-12,14,16-17H,4-5,9-10,13H2,1-3H3. The molecule has 0 fully saturated rings. The van der Waals surface area contributed by atoms with Gasteiger partial charge in [-0.3, -0.25) is 0 Å². The highest BCUT2D eigenvalue weighted by molar-refractivity contribution is 5.18. The molecule has 0 amide bonds. The van der Waals surface area contributed by atoms with Crippen LogP contribution in [0.5, 0.6) is 0 Å². The summed E-state index contributed by atoms with van der Waals surface area (Å²) in [5.41, 5.74) is 1.42. The maximum atomic E-state index is 3.43. The Bertz CT molecular complexity index is 277. The molecule has 1 N–H and O–H groups in total. The van der Waals surface area contributed by atoms with Gasteiger partial charge >= 0.3 is 0 Å². The Labute approximate surface area is 107 Å². The zero-order chi connectivity index (χ0) is 12.5. The van der Waals surface area contributed by atoms with E-state index in [2.05, 4.69) is 56.5 Å². The Hall–Kier alpha value is -0.820. The Morgan fingerprint density at radius 2 is 1.65 bits per heavy atom. The Kier molecular flexibility index (Phi) is 6.95. The predicted molar refractivity (Wildman–Crippen MR) is 76.2 cm³/mol. The van der Waals surface area contributed by atoms with Crippen LogP contribution in [0.2, 0.25) is 0 Å². The van der Waals surface area contributed by atoms with Gasteiger partial charge in [-0.1, -0.05) is 69.9 Å². The summed E-state index contributed by atoms with van der Waals surface area (Å²) in [7, 11) is 2.06. The van der Waals surface area contributed by atoms with Crippen LogP contribution in [0.1, 0.15) is 57.6 Å². The molecule has 0 saturated heterocycles. The van der Waals surface area contributed by atoms with Crippen LogP contribution in [0.25, 0.3) is 0 Å². The van der Waals surface area contributed by atoms with Crippen LogP contribution in [0.3, 0.4) is 0 Å². The van der Waals surface area contributed by atoms with E-state index >= 15 is 0 Å². The van der Waals surface area contributed by atoms with E-state index in [-0.39, 0.29) is 0 Å². The lowest BCUT2D eigenvalue weighted by Crippen LogP contribution is -2.16. The van der Waals surface area contributed by atoms with Gasteiger partial charge in [-0.2, -0.15) is 0 Å². The Balaban J connectivity index is 2.38. The third-order valence-electron chi connectivity index (χ3n) is 3.81. The van der Waals surface area contributed by atoms with Crippen LogP contribution in [-0.4, -0.2) is 7.05 Å². The fourth-order valence-electron chi connectivity index (χ4n) is 2.47. The SMILES string of the molecule is CCC(CC)CCCC(NC)c1ccccc1. The zero-order valence-electron chi connectivity index (χ0n) is 11.6. The molecule has 0 radical (unpaired) electrons. The summed E-state index contributed by atoms with van der Waals surface area (Å²) in [6.07, 6.45) is 6.60. The minimum atomic E-state index is 0.519. The summed E-state index contributed by atoms with van der Waals surface area (Å²) in [4.78, 5) is 0. The molecule has 1 nitrogen and oxygen atoms in total. The van der Waals surface area contributed by atoms with Gasteiger partial charge < -0.3 is 5.32 Å². The molecular formula is C16H27N. The smallest absolute Gasteiger partial charge is 0.0317 e. The molecule has 1 aromatic carbocycles. The molecule has 17 heavy (non-hydrogen) atoms. The summed E-state index contributed by atoms with van der Waals surface area (Å²) < 4.78 is 0. The van der Waals surface area contributed by atoms with Crippen molar-refractivity contribution in [2.24, 2.45) is 5.92 Å². The van der Waals surface area contributed by atoms with Gasteiger partial charge in [0.1, 0.15) is 0 Å². The average Bonchev–Trinajstić information content (AvgIpc) is 2.40. The summed E-state index contributed by atoms with van der Waals surface area (Å²) >= 11 is 0. The zero-order valence-corrected chi connectivity index (χ0v) is 11.6. The van der Waals surface area contributed by atoms with Gasteiger partial charge in [0.05, 0.1) is 0 Å². The van der Waals surface area contributed by atoms with Gasteiger partial charge in [0.25, 0.3) is 0 Å². The first-order chi connectivity index (χ1) is 8.31. The van der Waals surface area contributed by atoms with E-state index in [1.54, 1.807) is 0 Å². The molecule has 0 spiro atoms. The Morgan fingerprint density at radius 1 is 1.00 bits per heavy atom. The molecule has 1 atom stereocenters. The van der Waals surface area contributed by atoms with Crippen LogP contribution in [0, 0.1) is 5.92 Å². The summed E-state index contributed by atoms with van der Waals surface area (Å²) in [5, 5.41) is 3.43. The molecule has 0 bridgehead atoms. The van der Waals surface area contributed by atoms with Crippen molar-refractivity contribution in [2.75, 3.05) is 7.05 Å². The third-order valence-corrected chi connectivity index (χ3v) is 3.81. The van der Waals surface area contributed by atoms with Crippen LogP contribution in [-0.2, 0) is 0 Å². The highest BCUT2D eigenvalue weighted by Gasteiger charge is 2.09. The average molecular weight is 233 g/mol. The van der Waals surface area contributed by atoms with E-state index in [1.807, 2.05) is 0 Å². The van der Waals surface area contributed by atoms with Crippen molar-refractivity contribution in [3.63, 3.8) is 0 Å². The van der Waals surface area contributed by atoms with E-state index < -0.39 is 0 Å². The van der Waals surface area contributed by atoms with Crippen molar-refractivity contribution in [1.82, 2.24) is 5.32 Å². The van der Waals surface area contributed by atoms with Crippen LogP contribution < -0.4 is 5.32 Å². The van der Waals surface area contributed by atoms with Gasteiger partial charge in [-0.25, -0.2) is 0 Å². The molecule has 1 rings (SSSR count). The predicted octanol–water partition coefficient (Wildman–Crippen LogP) is 4.55. The monoisotopic (exact) mass is 233 g/mol. The second-order valence-corrected chi connectivity index (χ2v) is 4.87. The molecule has 0 aliphatic rings. The van der Waals surface area contributed by atoms with Crippen molar-refractivity contribution in [3.8, 4) is 0 Å². The summed E-state index contributed by atoms with van der Waals surface area (Å²) in [6.45, 7) is 4.61. The van der Waals surface area contributed by atoms with Crippen molar-refractivity contribution in [2.45, 2.75) is 52.0 Å². The topological polar surface area (TPSA) is 12.0 Å². The molecule has 0 heterocycles. The van der Waals surface area contributed by atoms with Gasteiger partial charge in [0.2, 0.25) is 0 Å².